The molecule has 0 amide bonds. The van der Waals surface area contributed by atoms with Crippen molar-refractivity contribution >= 4 is 21.4 Å². The van der Waals surface area contributed by atoms with Gasteiger partial charge in [0.1, 0.15) is 9.96 Å². The average Bonchev–Trinajstić information content (AvgIpc) is 3.34. The molecule has 0 unspecified atom stereocenters. The van der Waals surface area contributed by atoms with Crippen molar-refractivity contribution < 1.29 is 13.2 Å². The molecule has 0 saturated carbocycles. The lowest BCUT2D eigenvalue weighted by Crippen LogP contribution is -2.40. The topological polar surface area (TPSA) is 83.6 Å². The second-order valence-electron chi connectivity index (χ2n) is 8.30. The number of pyridine rings is 1. The van der Waals surface area contributed by atoms with Gasteiger partial charge >= 0.3 is 0 Å². The van der Waals surface area contributed by atoms with Crippen molar-refractivity contribution in [3.63, 3.8) is 0 Å². The first-order chi connectivity index (χ1) is 15.9. The summed E-state index contributed by atoms with van der Waals surface area (Å²) in [5.41, 5.74) is 2.86. The number of aromatic nitrogens is 1. The average molecular weight is 487 g/mol. The van der Waals surface area contributed by atoms with Gasteiger partial charge in [0.15, 0.2) is 0 Å². The molecule has 9 heteroatoms. The molecule has 0 aliphatic carbocycles. The number of rotatable bonds is 9. The fourth-order valence-corrected chi connectivity index (χ4v) is 6.28. The second kappa shape index (κ2) is 10.8. The van der Waals surface area contributed by atoms with Crippen LogP contribution >= 0.6 is 11.3 Å². The summed E-state index contributed by atoms with van der Waals surface area (Å²) in [6.07, 6.45) is 5.61. The third-order valence-electron chi connectivity index (χ3n) is 5.88. The third-order valence-corrected chi connectivity index (χ3v) is 8.89. The first-order valence-corrected chi connectivity index (χ1v) is 13.3. The number of ether oxygens (including phenoxy) is 1. The number of methoxy groups -OCH3 is 1. The molecule has 1 aliphatic heterocycles. The van der Waals surface area contributed by atoms with Crippen molar-refractivity contribution in [2.75, 3.05) is 27.2 Å². The molecular weight excluding hydrogens is 456 g/mol. The number of sulfonamides is 1. The van der Waals surface area contributed by atoms with Crippen LogP contribution in [-0.4, -0.2) is 51.6 Å². The first-order valence-electron chi connectivity index (χ1n) is 11.0. The van der Waals surface area contributed by atoms with E-state index in [2.05, 4.69) is 39.1 Å². The number of hydrogen-bond donors (Lipinski definition) is 2. The van der Waals surface area contributed by atoms with Crippen LogP contribution in [0.5, 0.6) is 5.75 Å². The highest BCUT2D eigenvalue weighted by Gasteiger charge is 2.20. The molecule has 33 heavy (non-hydrogen) atoms. The lowest BCUT2D eigenvalue weighted by molar-refractivity contribution is 0.234. The molecule has 3 heterocycles. The number of benzene rings is 1. The van der Waals surface area contributed by atoms with Gasteiger partial charge in [0, 0.05) is 42.0 Å². The molecule has 1 aromatic carbocycles. The fraction of sp³-hybridized carbons (Fsp3) is 0.375. The third kappa shape index (κ3) is 6.18. The van der Waals surface area contributed by atoms with Gasteiger partial charge in [0.05, 0.1) is 7.11 Å². The van der Waals surface area contributed by atoms with E-state index in [1.54, 1.807) is 31.6 Å². The maximum absolute atomic E-state index is 12.8. The summed E-state index contributed by atoms with van der Waals surface area (Å²) in [4.78, 5) is 7.24. The van der Waals surface area contributed by atoms with Crippen molar-refractivity contribution in [2.45, 2.75) is 36.2 Å². The van der Waals surface area contributed by atoms with Crippen LogP contribution in [0.25, 0.3) is 10.4 Å². The molecule has 0 atom stereocenters. The molecule has 2 aromatic heterocycles. The fourth-order valence-electron chi connectivity index (χ4n) is 3.89. The van der Waals surface area contributed by atoms with E-state index < -0.39 is 10.0 Å². The zero-order chi connectivity index (χ0) is 23.3. The molecule has 0 radical (unpaired) electrons. The van der Waals surface area contributed by atoms with Gasteiger partial charge in [0.2, 0.25) is 10.0 Å². The minimum atomic E-state index is -3.62. The van der Waals surface area contributed by atoms with E-state index in [0.29, 0.717) is 6.04 Å². The van der Waals surface area contributed by atoms with Crippen LogP contribution in [0.1, 0.15) is 24.0 Å². The Labute approximate surface area is 199 Å². The Balaban J connectivity index is 1.47. The molecule has 0 bridgehead atoms. The Kier molecular flexibility index (Phi) is 7.77. The van der Waals surface area contributed by atoms with Crippen LogP contribution in [0.15, 0.2) is 59.1 Å². The molecule has 3 aromatic rings. The maximum Gasteiger partial charge on any atom is 0.250 e. The summed E-state index contributed by atoms with van der Waals surface area (Å²) in [7, 11) is 0.176. The van der Waals surface area contributed by atoms with E-state index in [9.17, 15) is 8.42 Å². The van der Waals surface area contributed by atoms with E-state index >= 15 is 0 Å². The Morgan fingerprint density at radius 3 is 2.67 bits per heavy atom. The van der Waals surface area contributed by atoms with Crippen LogP contribution in [0.3, 0.4) is 0 Å². The summed E-state index contributed by atoms with van der Waals surface area (Å²) >= 11 is 1.24. The van der Waals surface area contributed by atoms with Gasteiger partial charge in [-0.15, -0.1) is 11.3 Å². The van der Waals surface area contributed by atoms with Gasteiger partial charge in [-0.05, 0) is 74.4 Å². The van der Waals surface area contributed by atoms with Crippen LogP contribution in [0.2, 0.25) is 0 Å². The largest absolute Gasteiger partial charge is 0.496 e. The minimum Gasteiger partial charge on any atom is -0.496 e. The van der Waals surface area contributed by atoms with E-state index in [1.807, 2.05) is 18.2 Å². The standard InChI is InChI=1S/C24H30N4O3S2/c1-28-12-9-20(10-13-28)26-16-18-5-6-22(31-2)21(14-18)23-7-8-24(32-23)33(29,30)27-17-19-4-3-11-25-15-19/h3-8,11,14-15,20,26-27H,9-10,12-13,16-17H2,1-2H3. The van der Waals surface area contributed by atoms with E-state index in [4.69, 9.17) is 4.74 Å². The number of piperidine rings is 1. The molecule has 4 rings (SSSR count). The smallest absolute Gasteiger partial charge is 0.250 e. The molecule has 1 fully saturated rings. The number of nitrogens with one attached hydrogen (secondary N) is 2. The highest BCUT2D eigenvalue weighted by Crippen LogP contribution is 2.37. The molecule has 1 saturated heterocycles. The Hall–Kier alpha value is -2.30. The van der Waals surface area contributed by atoms with Crippen LogP contribution in [0, 0.1) is 0 Å². The number of thiophene rings is 1. The van der Waals surface area contributed by atoms with E-state index in [0.717, 1.165) is 59.8 Å². The normalized spacial score (nSPS) is 15.6. The highest BCUT2D eigenvalue weighted by atomic mass is 32.2. The van der Waals surface area contributed by atoms with Crippen LogP contribution in [0.4, 0.5) is 0 Å². The zero-order valence-electron chi connectivity index (χ0n) is 19.0. The van der Waals surface area contributed by atoms with Crippen LogP contribution in [-0.2, 0) is 23.1 Å². The molecular formula is C24H30N4O3S2. The monoisotopic (exact) mass is 486 g/mol. The number of hydrogen-bond acceptors (Lipinski definition) is 7. The van der Waals surface area contributed by atoms with Gasteiger partial charge in [0.25, 0.3) is 0 Å². The summed E-state index contributed by atoms with van der Waals surface area (Å²) < 4.78 is 34.1. The summed E-state index contributed by atoms with van der Waals surface area (Å²) in [6, 6.07) is 13.7. The Morgan fingerprint density at radius 1 is 1.12 bits per heavy atom. The van der Waals surface area contributed by atoms with Gasteiger partial charge in [-0.2, -0.15) is 0 Å². The second-order valence-corrected chi connectivity index (χ2v) is 11.4. The molecule has 0 spiro atoms. The van der Waals surface area contributed by atoms with Gasteiger partial charge < -0.3 is 15.0 Å². The number of likely N-dealkylation sites (tertiary alicyclic amines) is 1. The van der Waals surface area contributed by atoms with Crippen molar-refractivity contribution in [3.8, 4) is 16.2 Å². The quantitative estimate of drug-likeness (QED) is 0.482. The summed E-state index contributed by atoms with van der Waals surface area (Å²) in [5, 5.41) is 3.66. The lowest BCUT2D eigenvalue weighted by atomic mass is 10.0. The molecule has 176 valence electrons. The number of nitrogens with zero attached hydrogens (tertiary/aromatic N) is 2. The predicted molar refractivity (Wildman–Crippen MR) is 132 cm³/mol. The summed E-state index contributed by atoms with van der Waals surface area (Å²) in [5.74, 6) is 0.729. The highest BCUT2D eigenvalue weighted by molar-refractivity contribution is 7.91. The van der Waals surface area contributed by atoms with Crippen molar-refractivity contribution in [1.29, 1.82) is 0 Å². The molecule has 2 N–H and O–H groups in total. The zero-order valence-corrected chi connectivity index (χ0v) is 20.6. The SMILES string of the molecule is COc1ccc(CNC2CCN(C)CC2)cc1-c1ccc(S(=O)(=O)NCc2cccnc2)s1. The minimum absolute atomic E-state index is 0.199. The molecule has 1 aliphatic rings. The van der Waals surface area contributed by atoms with Crippen molar-refractivity contribution in [3.05, 3.63) is 66.0 Å². The molecule has 7 nitrogen and oxygen atoms in total. The van der Waals surface area contributed by atoms with Crippen LogP contribution < -0.4 is 14.8 Å². The van der Waals surface area contributed by atoms with E-state index in [1.165, 1.54) is 11.3 Å². The first kappa shape index (κ1) is 23.8. The summed E-state index contributed by atoms with van der Waals surface area (Å²) in [6.45, 7) is 3.21. The maximum atomic E-state index is 12.8. The van der Waals surface area contributed by atoms with Gasteiger partial charge in [-0.3, -0.25) is 4.98 Å². The predicted octanol–water partition coefficient (Wildman–Crippen LogP) is 3.48. The lowest BCUT2D eigenvalue weighted by Gasteiger charge is -2.29. The van der Waals surface area contributed by atoms with E-state index in [-0.39, 0.29) is 10.8 Å². The van der Waals surface area contributed by atoms with Gasteiger partial charge in [-0.25, -0.2) is 13.1 Å². The Bertz CT molecular complexity index is 1160. The van der Waals surface area contributed by atoms with Crippen molar-refractivity contribution in [1.82, 2.24) is 19.9 Å². The Morgan fingerprint density at radius 2 is 1.94 bits per heavy atom. The van der Waals surface area contributed by atoms with Gasteiger partial charge in [-0.1, -0.05) is 12.1 Å². The van der Waals surface area contributed by atoms with Crippen molar-refractivity contribution in [2.24, 2.45) is 0 Å².